The number of nitrogens with one attached hydrogen (secondary N) is 1. The molecule has 0 fully saturated rings. The van der Waals surface area contributed by atoms with Crippen molar-refractivity contribution in [1.29, 1.82) is 0 Å². The van der Waals surface area contributed by atoms with Gasteiger partial charge in [-0.25, -0.2) is 14.2 Å². The highest BCUT2D eigenvalue weighted by atomic mass is 19.1. The Balaban J connectivity index is 2.14. The lowest BCUT2D eigenvalue weighted by molar-refractivity contribution is 0.0696. The fourth-order valence-electron chi connectivity index (χ4n) is 1.56. The van der Waals surface area contributed by atoms with Crippen LogP contribution >= 0.6 is 0 Å². The van der Waals surface area contributed by atoms with E-state index < -0.39 is 11.8 Å². The van der Waals surface area contributed by atoms with Crippen LogP contribution in [0, 0.1) is 5.82 Å². The van der Waals surface area contributed by atoms with E-state index in [0.717, 1.165) is 11.9 Å². The summed E-state index contributed by atoms with van der Waals surface area (Å²) in [6.45, 7) is 0.395. The maximum Gasteiger partial charge on any atom is 0.335 e. The summed E-state index contributed by atoms with van der Waals surface area (Å²) in [5.41, 5.74) is 0.327. The minimum Gasteiger partial charge on any atom is -0.478 e. The molecule has 0 spiro atoms. The lowest BCUT2D eigenvalue weighted by Crippen LogP contribution is -2.07. The molecule has 1 aromatic heterocycles. The molecule has 2 N–H and O–H groups in total. The van der Waals surface area contributed by atoms with E-state index in [1.54, 1.807) is 12.4 Å². The number of carboxylic acid groups (broad SMARTS) is 1. The van der Waals surface area contributed by atoms with E-state index in [1.807, 2.05) is 11.6 Å². The van der Waals surface area contributed by atoms with Gasteiger partial charge >= 0.3 is 5.97 Å². The molecule has 6 heteroatoms. The van der Waals surface area contributed by atoms with Crippen molar-refractivity contribution in [3.05, 3.63) is 47.8 Å². The van der Waals surface area contributed by atoms with Crippen molar-refractivity contribution in [2.45, 2.75) is 6.54 Å². The van der Waals surface area contributed by atoms with Crippen LogP contribution in [0.4, 0.5) is 10.1 Å². The highest BCUT2D eigenvalue weighted by Gasteiger charge is 2.07. The van der Waals surface area contributed by atoms with Gasteiger partial charge < -0.3 is 15.0 Å². The van der Waals surface area contributed by atoms with Crippen molar-refractivity contribution in [2.75, 3.05) is 5.32 Å². The number of nitrogens with zero attached hydrogens (tertiary/aromatic N) is 2. The van der Waals surface area contributed by atoms with Crippen LogP contribution in [0.2, 0.25) is 0 Å². The number of carboxylic acids is 1. The third-order valence-corrected chi connectivity index (χ3v) is 2.52. The lowest BCUT2D eigenvalue weighted by Gasteiger charge is -2.07. The Morgan fingerprint density at radius 3 is 2.89 bits per heavy atom. The molecule has 0 bridgehead atoms. The minimum atomic E-state index is -1.16. The zero-order valence-corrected chi connectivity index (χ0v) is 9.72. The third kappa shape index (κ3) is 2.65. The number of benzene rings is 1. The summed E-state index contributed by atoms with van der Waals surface area (Å²) in [4.78, 5) is 14.9. The summed E-state index contributed by atoms with van der Waals surface area (Å²) >= 11 is 0. The minimum absolute atomic E-state index is 0.0858. The SMILES string of the molecule is Cn1ccnc1CNc1cc(F)cc(C(=O)O)c1. The maximum absolute atomic E-state index is 13.2. The van der Waals surface area contributed by atoms with Crippen LogP contribution in [0.5, 0.6) is 0 Å². The van der Waals surface area contributed by atoms with Crippen molar-refractivity contribution in [2.24, 2.45) is 7.05 Å². The summed E-state index contributed by atoms with van der Waals surface area (Å²) in [6, 6.07) is 3.61. The van der Waals surface area contributed by atoms with Crippen molar-refractivity contribution in [3.8, 4) is 0 Å². The Kier molecular flexibility index (Phi) is 3.27. The number of imidazole rings is 1. The van der Waals surface area contributed by atoms with Crippen LogP contribution in [0.1, 0.15) is 16.2 Å². The van der Waals surface area contributed by atoms with Gasteiger partial charge in [0.1, 0.15) is 11.6 Å². The molecule has 0 aliphatic heterocycles. The van der Waals surface area contributed by atoms with Crippen LogP contribution in [-0.4, -0.2) is 20.6 Å². The van der Waals surface area contributed by atoms with Crippen LogP contribution in [0.15, 0.2) is 30.6 Å². The third-order valence-electron chi connectivity index (χ3n) is 2.52. The first kappa shape index (κ1) is 12.1. The number of aromatic carboxylic acids is 1. The predicted molar refractivity (Wildman–Crippen MR) is 63.9 cm³/mol. The fourth-order valence-corrected chi connectivity index (χ4v) is 1.56. The van der Waals surface area contributed by atoms with Gasteiger partial charge in [0.05, 0.1) is 12.1 Å². The van der Waals surface area contributed by atoms with Gasteiger partial charge in [0.2, 0.25) is 0 Å². The first-order valence-corrected chi connectivity index (χ1v) is 5.30. The molecule has 18 heavy (non-hydrogen) atoms. The van der Waals surface area contributed by atoms with Gasteiger partial charge in [-0.05, 0) is 18.2 Å². The molecule has 2 aromatic rings. The number of carbonyl (C=O) groups is 1. The quantitative estimate of drug-likeness (QED) is 0.868. The molecule has 0 saturated heterocycles. The predicted octanol–water partition coefficient (Wildman–Crippen LogP) is 1.87. The second-order valence-corrected chi connectivity index (χ2v) is 3.84. The number of rotatable bonds is 4. The van der Waals surface area contributed by atoms with Gasteiger partial charge in [-0.3, -0.25) is 0 Å². The topological polar surface area (TPSA) is 67.2 Å². The highest BCUT2D eigenvalue weighted by molar-refractivity contribution is 5.88. The number of hydrogen-bond acceptors (Lipinski definition) is 3. The number of aromatic nitrogens is 2. The highest BCUT2D eigenvalue weighted by Crippen LogP contribution is 2.15. The van der Waals surface area contributed by atoms with Crippen LogP contribution in [0.3, 0.4) is 0 Å². The molecular weight excluding hydrogens is 237 g/mol. The molecule has 1 heterocycles. The standard InChI is InChI=1S/C12H12FN3O2/c1-16-3-2-14-11(16)7-15-10-5-8(12(17)18)4-9(13)6-10/h2-6,15H,7H2,1H3,(H,17,18). The monoisotopic (exact) mass is 249 g/mol. The molecule has 0 unspecified atom stereocenters. The first-order valence-electron chi connectivity index (χ1n) is 5.30. The number of halogens is 1. The second kappa shape index (κ2) is 4.87. The van der Waals surface area contributed by atoms with Gasteiger partial charge in [-0.1, -0.05) is 0 Å². The van der Waals surface area contributed by atoms with E-state index in [1.165, 1.54) is 12.1 Å². The Morgan fingerprint density at radius 1 is 1.50 bits per heavy atom. The Bertz CT molecular complexity index is 580. The van der Waals surface area contributed by atoms with E-state index in [2.05, 4.69) is 10.3 Å². The number of hydrogen-bond donors (Lipinski definition) is 2. The molecule has 94 valence electrons. The van der Waals surface area contributed by atoms with Crippen molar-refractivity contribution in [3.63, 3.8) is 0 Å². The van der Waals surface area contributed by atoms with E-state index in [4.69, 9.17) is 5.11 Å². The molecule has 0 radical (unpaired) electrons. The molecular formula is C12H12FN3O2. The van der Waals surface area contributed by atoms with Gasteiger partial charge in [-0.15, -0.1) is 0 Å². The summed E-state index contributed by atoms with van der Waals surface area (Å²) in [5.74, 6) is -0.970. The van der Waals surface area contributed by atoms with Crippen LogP contribution in [0.25, 0.3) is 0 Å². The smallest absolute Gasteiger partial charge is 0.335 e. The Morgan fingerprint density at radius 2 is 2.28 bits per heavy atom. The zero-order chi connectivity index (χ0) is 13.1. The molecule has 0 saturated carbocycles. The van der Waals surface area contributed by atoms with Crippen molar-refractivity contribution < 1.29 is 14.3 Å². The molecule has 0 aliphatic carbocycles. The molecule has 1 aromatic carbocycles. The number of aryl methyl sites for hydroxylation is 1. The molecule has 0 aliphatic rings. The van der Waals surface area contributed by atoms with E-state index in [9.17, 15) is 9.18 Å². The summed E-state index contributed by atoms with van der Waals surface area (Å²) in [7, 11) is 1.85. The summed E-state index contributed by atoms with van der Waals surface area (Å²) in [6.07, 6.45) is 3.45. The maximum atomic E-state index is 13.2. The average molecular weight is 249 g/mol. The summed E-state index contributed by atoms with van der Waals surface area (Å²) in [5, 5.41) is 11.8. The first-order chi connectivity index (χ1) is 8.56. The number of anilines is 1. The summed E-state index contributed by atoms with van der Waals surface area (Å²) < 4.78 is 15.0. The average Bonchev–Trinajstić information content (AvgIpc) is 2.71. The Hall–Kier alpha value is -2.37. The van der Waals surface area contributed by atoms with Gasteiger partial charge in [-0.2, -0.15) is 0 Å². The Labute approximate surface area is 103 Å². The van der Waals surface area contributed by atoms with Crippen molar-refractivity contribution in [1.82, 2.24) is 9.55 Å². The van der Waals surface area contributed by atoms with Crippen LogP contribution in [-0.2, 0) is 13.6 Å². The van der Waals surface area contributed by atoms with E-state index in [-0.39, 0.29) is 5.56 Å². The molecule has 5 nitrogen and oxygen atoms in total. The lowest BCUT2D eigenvalue weighted by atomic mass is 10.2. The van der Waals surface area contributed by atoms with Crippen LogP contribution < -0.4 is 5.32 Å². The zero-order valence-electron chi connectivity index (χ0n) is 9.72. The van der Waals surface area contributed by atoms with E-state index >= 15 is 0 Å². The second-order valence-electron chi connectivity index (χ2n) is 3.84. The molecule has 0 atom stereocenters. The molecule has 0 amide bonds. The normalized spacial score (nSPS) is 10.3. The molecule has 2 rings (SSSR count). The fraction of sp³-hybridized carbons (Fsp3) is 0.167. The van der Waals surface area contributed by atoms with Gasteiger partial charge in [0, 0.05) is 25.1 Å². The largest absolute Gasteiger partial charge is 0.478 e. The van der Waals surface area contributed by atoms with Crippen molar-refractivity contribution >= 4 is 11.7 Å². The van der Waals surface area contributed by atoms with Gasteiger partial charge in [0.25, 0.3) is 0 Å². The van der Waals surface area contributed by atoms with E-state index in [0.29, 0.717) is 12.2 Å². The van der Waals surface area contributed by atoms with Gasteiger partial charge in [0.15, 0.2) is 0 Å².